The third-order valence-corrected chi connectivity index (χ3v) is 5.01. The van der Waals surface area contributed by atoms with E-state index in [1.54, 1.807) is 18.5 Å². The molecule has 0 aliphatic heterocycles. The van der Waals surface area contributed by atoms with Gasteiger partial charge in [0.1, 0.15) is 6.61 Å². The monoisotopic (exact) mass is 395 g/mol. The van der Waals surface area contributed by atoms with Crippen LogP contribution in [0.1, 0.15) is 33.0 Å². The Hall–Kier alpha value is -3.33. The van der Waals surface area contributed by atoms with E-state index in [2.05, 4.69) is 15.2 Å². The van der Waals surface area contributed by atoms with Crippen LogP contribution >= 0.6 is 11.3 Å². The second-order valence-electron chi connectivity index (χ2n) is 6.43. The van der Waals surface area contributed by atoms with Gasteiger partial charge in [0.2, 0.25) is 0 Å². The van der Waals surface area contributed by atoms with Crippen LogP contribution < -0.4 is 5.56 Å². The first-order valence-electron chi connectivity index (χ1n) is 8.57. The first-order valence-corrected chi connectivity index (χ1v) is 9.45. The number of carbonyl (C=O) groups excluding carboxylic acids is 1. The largest absolute Gasteiger partial charge is 0.454 e. The number of carbonyl (C=O) groups is 1. The minimum absolute atomic E-state index is 0.113. The van der Waals surface area contributed by atoms with E-state index in [-0.39, 0.29) is 17.9 Å². The van der Waals surface area contributed by atoms with Gasteiger partial charge in [-0.05, 0) is 32.4 Å². The van der Waals surface area contributed by atoms with Crippen molar-refractivity contribution >= 4 is 22.3 Å². The van der Waals surface area contributed by atoms with Crippen molar-refractivity contribution in [3.05, 3.63) is 74.4 Å². The normalized spacial score (nSPS) is 11.1. The molecule has 3 heterocycles. The fraction of sp³-hybridized carbons (Fsp3) is 0.211. The van der Waals surface area contributed by atoms with Crippen molar-refractivity contribution in [2.24, 2.45) is 0 Å². The summed E-state index contributed by atoms with van der Waals surface area (Å²) in [4.78, 5) is 30.8. The van der Waals surface area contributed by atoms with Gasteiger partial charge in [0.05, 0.1) is 17.1 Å². The molecule has 0 spiro atoms. The molecular formula is C19H17N5O3S. The second kappa shape index (κ2) is 7.01. The van der Waals surface area contributed by atoms with Gasteiger partial charge in [-0.2, -0.15) is 9.90 Å². The lowest BCUT2D eigenvalue weighted by Crippen LogP contribution is -2.15. The van der Waals surface area contributed by atoms with Gasteiger partial charge in [0, 0.05) is 17.6 Å². The summed E-state index contributed by atoms with van der Waals surface area (Å²) in [6.45, 7) is 5.56. The molecule has 28 heavy (non-hydrogen) atoms. The van der Waals surface area contributed by atoms with Gasteiger partial charge in [-0.1, -0.05) is 17.7 Å². The number of hydrogen-bond donors (Lipinski definition) is 0. The smallest absolute Gasteiger partial charge is 0.361 e. The van der Waals surface area contributed by atoms with Crippen LogP contribution in [-0.4, -0.2) is 30.3 Å². The van der Waals surface area contributed by atoms with Crippen LogP contribution in [0.15, 0.2) is 40.6 Å². The van der Waals surface area contributed by atoms with Crippen molar-refractivity contribution in [2.45, 2.75) is 27.4 Å². The van der Waals surface area contributed by atoms with Crippen LogP contribution in [0.2, 0.25) is 0 Å². The number of aromatic nitrogens is 5. The molecule has 3 aromatic heterocycles. The Balaban J connectivity index is 1.55. The van der Waals surface area contributed by atoms with Gasteiger partial charge in [0.25, 0.3) is 5.56 Å². The Kier molecular flexibility index (Phi) is 4.52. The molecule has 8 nitrogen and oxygen atoms in total. The summed E-state index contributed by atoms with van der Waals surface area (Å²) in [7, 11) is 0. The first kappa shape index (κ1) is 18.1. The number of ether oxygens (including phenoxy) is 1. The predicted octanol–water partition coefficient (Wildman–Crippen LogP) is 2.62. The van der Waals surface area contributed by atoms with Crippen LogP contribution in [0.4, 0.5) is 0 Å². The average molecular weight is 395 g/mol. The Morgan fingerprint density at radius 2 is 2.00 bits per heavy atom. The van der Waals surface area contributed by atoms with Crippen LogP contribution in [0.5, 0.6) is 0 Å². The van der Waals surface area contributed by atoms with Gasteiger partial charge in [-0.15, -0.1) is 16.4 Å². The molecular weight excluding hydrogens is 378 g/mol. The molecule has 142 valence electrons. The topological polar surface area (TPSA) is 91.4 Å². The van der Waals surface area contributed by atoms with Gasteiger partial charge >= 0.3 is 5.97 Å². The summed E-state index contributed by atoms with van der Waals surface area (Å²) in [5.74, 6) is -0.610. The summed E-state index contributed by atoms with van der Waals surface area (Å²) in [5.41, 5.74) is 3.71. The molecule has 0 aliphatic carbocycles. The second-order valence-corrected chi connectivity index (χ2v) is 7.30. The SMILES string of the molecule is Cc1ccc(-n2nc(C)c(C(=O)OCc3cc(=O)n4ccsc4n3)n2)c(C)c1. The third-order valence-electron chi connectivity index (χ3n) is 4.25. The van der Waals surface area contributed by atoms with E-state index >= 15 is 0 Å². The number of hydrogen-bond acceptors (Lipinski definition) is 7. The maximum atomic E-state index is 12.5. The summed E-state index contributed by atoms with van der Waals surface area (Å²) in [6.07, 6.45) is 1.65. The first-order chi connectivity index (χ1) is 13.4. The van der Waals surface area contributed by atoms with Crippen LogP contribution in [0, 0.1) is 20.8 Å². The highest BCUT2D eigenvalue weighted by Gasteiger charge is 2.19. The predicted molar refractivity (Wildman–Crippen MR) is 104 cm³/mol. The number of nitrogens with zero attached hydrogens (tertiary/aromatic N) is 5. The average Bonchev–Trinajstić information content (AvgIpc) is 3.26. The highest BCUT2D eigenvalue weighted by molar-refractivity contribution is 7.15. The molecule has 0 amide bonds. The lowest BCUT2D eigenvalue weighted by Gasteiger charge is -2.05. The maximum Gasteiger partial charge on any atom is 0.361 e. The Morgan fingerprint density at radius 1 is 1.18 bits per heavy atom. The molecule has 0 aliphatic rings. The quantitative estimate of drug-likeness (QED) is 0.493. The molecule has 0 saturated carbocycles. The number of rotatable bonds is 4. The van der Waals surface area contributed by atoms with E-state index in [1.807, 2.05) is 32.0 Å². The molecule has 0 atom stereocenters. The van der Waals surface area contributed by atoms with Gasteiger partial charge in [-0.25, -0.2) is 9.78 Å². The van der Waals surface area contributed by atoms with Crippen molar-refractivity contribution < 1.29 is 9.53 Å². The highest BCUT2D eigenvalue weighted by atomic mass is 32.1. The van der Waals surface area contributed by atoms with E-state index in [1.165, 1.54) is 26.6 Å². The number of benzene rings is 1. The van der Waals surface area contributed by atoms with Crippen molar-refractivity contribution in [1.29, 1.82) is 0 Å². The summed E-state index contributed by atoms with van der Waals surface area (Å²) in [6, 6.07) is 7.25. The fourth-order valence-electron chi connectivity index (χ4n) is 2.87. The third kappa shape index (κ3) is 3.31. The van der Waals surface area contributed by atoms with Crippen LogP contribution in [0.25, 0.3) is 10.6 Å². The Labute approximate surface area is 164 Å². The number of esters is 1. The zero-order chi connectivity index (χ0) is 19.8. The molecule has 0 unspecified atom stereocenters. The van der Waals surface area contributed by atoms with Crippen molar-refractivity contribution in [1.82, 2.24) is 24.4 Å². The lowest BCUT2D eigenvalue weighted by atomic mass is 10.1. The summed E-state index contributed by atoms with van der Waals surface area (Å²) in [5, 5.41) is 10.4. The lowest BCUT2D eigenvalue weighted by molar-refractivity contribution is 0.0459. The van der Waals surface area contributed by atoms with E-state index in [0.29, 0.717) is 16.3 Å². The minimum Gasteiger partial charge on any atom is -0.454 e. The molecule has 4 aromatic rings. The molecule has 1 aromatic carbocycles. The maximum absolute atomic E-state index is 12.5. The van der Waals surface area contributed by atoms with Crippen LogP contribution in [0.3, 0.4) is 0 Å². The standard InChI is InChI=1S/C19H17N5O3S/c1-11-4-5-15(12(2)8-11)24-21-13(3)17(22-24)18(26)27-10-14-9-16(25)23-6-7-28-19(23)20-14/h4-9H,10H2,1-3H3. The van der Waals surface area contributed by atoms with Crippen molar-refractivity contribution in [3.8, 4) is 5.69 Å². The minimum atomic E-state index is -0.610. The highest BCUT2D eigenvalue weighted by Crippen LogP contribution is 2.16. The zero-order valence-electron chi connectivity index (χ0n) is 15.5. The van der Waals surface area contributed by atoms with Gasteiger partial charge in [0.15, 0.2) is 10.7 Å². The van der Waals surface area contributed by atoms with Crippen molar-refractivity contribution in [3.63, 3.8) is 0 Å². The number of thiazole rings is 1. The van der Waals surface area contributed by atoms with Crippen molar-refractivity contribution in [2.75, 3.05) is 0 Å². The van der Waals surface area contributed by atoms with E-state index in [4.69, 9.17) is 4.74 Å². The number of aryl methyl sites for hydroxylation is 3. The zero-order valence-corrected chi connectivity index (χ0v) is 16.4. The fourth-order valence-corrected chi connectivity index (χ4v) is 3.61. The molecule has 0 N–H and O–H groups in total. The molecule has 0 radical (unpaired) electrons. The van der Waals surface area contributed by atoms with E-state index in [0.717, 1.165) is 16.8 Å². The summed E-state index contributed by atoms with van der Waals surface area (Å²) < 4.78 is 6.75. The summed E-state index contributed by atoms with van der Waals surface area (Å²) >= 11 is 1.34. The van der Waals surface area contributed by atoms with Gasteiger partial charge in [-0.3, -0.25) is 9.20 Å². The number of fused-ring (bicyclic) bond motifs is 1. The Morgan fingerprint density at radius 3 is 2.79 bits per heavy atom. The van der Waals surface area contributed by atoms with E-state index < -0.39 is 5.97 Å². The van der Waals surface area contributed by atoms with E-state index in [9.17, 15) is 9.59 Å². The molecule has 9 heteroatoms. The molecule has 0 bridgehead atoms. The molecule has 0 saturated heterocycles. The molecule has 4 rings (SSSR count). The van der Waals surface area contributed by atoms with Gasteiger partial charge < -0.3 is 4.74 Å². The Bertz CT molecular complexity index is 1250. The molecule has 0 fully saturated rings. The van der Waals surface area contributed by atoms with Crippen LogP contribution in [-0.2, 0) is 11.3 Å².